The Balaban J connectivity index is 2.01. The fourth-order valence-electron chi connectivity index (χ4n) is 1.99. The quantitative estimate of drug-likeness (QED) is 0.863. The summed E-state index contributed by atoms with van der Waals surface area (Å²) < 4.78 is 6.08. The van der Waals surface area contributed by atoms with Crippen LogP contribution in [0.3, 0.4) is 0 Å². The maximum Gasteiger partial charge on any atom is 0.335 e. The van der Waals surface area contributed by atoms with Crippen molar-refractivity contribution < 1.29 is 19.4 Å². The summed E-state index contributed by atoms with van der Waals surface area (Å²) in [4.78, 5) is 24.7. The lowest BCUT2D eigenvalue weighted by molar-refractivity contribution is -0.133. The molecule has 5 nitrogen and oxygen atoms in total. The van der Waals surface area contributed by atoms with Gasteiger partial charge >= 0.3 is 5.97 Å². The zero-order chi connectivity index (χ0) is 14.7. The molecule has 0 aliphatic heterocycles. The smallest absolute Gasteiger partial charge is 0.335 e. The number of carboxylic acids is 1. The second-order valence-corrected chi connectivity index (χ2v) is 5.50. The third-order valence-corrected chi connectivity index (χ3v) is 3.83. The van der Waals surface area contributed by atoms with Crippen molar-refractivity contribution >= 4 is 27.8 Å². The lowest BCUT2D eigenvalue weighted by Crippen LogP contribution is -2.36. The maximum absolute atomic E-state index is 12.0. The van der Waals surface area contributed by atoms with Gasteiger partial charge < -0.3 is 14.7 Å². The van der Waals surface area contributed by atoms with Crippen LogP contribution in [0, 0.1) is 0 Å². The first-order chi connectivity index (χ1) is 9.52. The number of nitrogens with zero attached hydrogens (tertiary/aromatic N) is 1. The monoisotopic (exact) mass is 341 g/mol. The Morgan fingerprint density at radius 1 is 1.45 bits per heavy atom. The summed E-state index contributed by atoms with van der Waals surface area (Å²) in [5.41, 5.74) is 0.130. The van der Waals surface area contributed by atoms with Gasteiger partial charge in [-0.3, -0.25) is 4.79 Å². The molecule has 1 N–H and O–H groups in total. The molecule has 1 aromatic rings. The normalized spacial score (nSPS) is 13.9. The Kier molecular flexibility index (Phi) is 4.65. The lowest BCUT2D eigenvalue weighted by atomic mass is 10.2. The molecule has 6 heteroatoms. The van der Waals surface area contributed by atoms with Crippen molar-refractivity contribution in [1.29, 1.82) is 0 Å². The van der Waals surface area contributed by atoms with Crippen molar-refractivity contribution in [1.82, 2.24) is 4.90 Å². The summed E-state index contributed by atoms with van der Waals surface area (Å²) in [6.07, 6.45) is 2.11. The van der Waals surface area contributed by atoms with Gasteiger partial charge in [0.05, 0.1) is 10.0 Å². The number of amides is 1. The van der Waals surface area contributed by atoms with E-state index in [1.54, 1.807) is 11.0 Å². The zero-order valence-corrected chi connectivity index (χ0v) is 12.7. The number of carboxylic acid groups (broad SMARTS) is 1. The highest BCUT2D eigenvalue weighted by atomic mass is 79.9. The van der Waals surface area contributed by atoms with E-state index in [1.165, 1.54) is 12.1 Å². The third-order valence-electron chi connectivity index (χ3n) is 3.18. The van der Waals surface area contributed by atoms with Crippen LogP contribution in [-0.2, 0) is 4.79 Å². The highest BCUT2D eigenvalue weighted by Gasteiger charge is 2.31. The van der Waals surface area contributed by atoms with Gasteiger partial charge in [-0.1, -0.05) is 0 Å². The number of aromatic carboxylic acids is 1. The third kappa shape index (κ3) is 3.50. The summed E-state index contributed by atoms with van der Waals surface area (Å²) in [6.45, 7) is 2.53. The number of likely N-dealkylation sites (N-methyl/N-ethyl adjacent to an activating group) is 1. The van der Waals surface area contributed by atoms with E-state index in [9.17, 15) is 9.59 Å². The molecule has 0 bridgehead atoms. The van der Waals surface area contributed by atoms with Crippen LogP contribution in [-0.4, -0.2) is 41.1 Å². The van der Waals surface area contributed by atoms with E-state index < -0.39 is 5.97 Å². The van der Waals surface area contributed by atoms with Gasteiger partial charge in [0, 0.05) is 12.6 Å². The molecule has 1 aliphatic rings. The van der Waals surface area contributed by atoms with Gasteiger partial charge in [-0.15, -0.1) is 0 Å². The molecule has 0 atom stereocenters. The van der Waals surface area contributed by atoms with Crippen molar-refractivity contribution in [3.05, 3.63) is 28.2 Å². The van der Waals surface area contributed by atoms with Gasteiger partial charge in [-0.2, -0.15) is 0 Å². The molecule has 1 aliphatic carbocycles. The molecular formula is C14H16BrNO4. The van der Waals surface area contributed by atoms with Gasteiger partial charge in [0.1, 0.15) is 5.75 Å². The molecule has 1 fully saturated rings. The summed E-state index contributed by atoms with van der Waals surface area (Å²) in [5, 5.41) is 8.94. The molecule has 0 heterocycles. The Bertz CT molecular complexity index is 528. The highest BCUT2D eigenvalue weighted by molar-refractivity contribution is 9.10. The van der Waals surface area contributed by atoms with Crippen LogP contribution in [0.2, 0.25) is 0 Å². The number of ether oxygens (including phenoxy) is 1. The molecule has 0 saturated heterocycles. The van der Waals surface area contributed by atoms with Crippen molar-refractivity contribution in [2.75, 3.05) is 13.2 Å². The summed E-state index contributed by atoms with van der Waals surface area (Å²) in [6, 6.07) is 4.84. The topological polar surface area (TPSA) is 66.8 Å². The average molecular weight is 342 g/mol. The Morgan fingerprint density at radius 3 is 2.70 bits per heavy atom. The van der Waals surface area contributed by atoms with Crippen LogP contribution in [0.15, 0.2) is 22.7 Å². The van der Waals surface area contributed by atoms with E-state index in [2.05, 4.69) is 15.9 Å². The number of hydrogen-bond acceptors (Lipinski definition) is 3. The number of halogens is 1. The molecule has 0 aromatic heterocycles. The van der Waals surface area contributed by atoms with Crippen molar-refractivity contribution in [3.8, 4) is 5.75 Å². The minimum Gasteiger partial charge on any atom is -0.483 e. The number of hydrogen-bond donors (Lipinski definition) is 1. The molecule has 20 heavy (non-hydrogen) atoms. The molecule has 2 rings (SSSR count). The van der Waals surface area contributed by atoms with Gasteiger partial charge in [-0.25, -0.2) is 4.79 Å². The van der Waals surface area contributed by atoms with Crippen LogP contribution < -0.4 is 4.74 Å². The van der Waals surface area contributed by atoms with E-state index in [0.717, 1.165) is 12.8 Å². The predicted molar refractivity (Wildman–Crippen MR) is 77.0 cm³/mol. The molecule has 0 unspecified atom stereocenters. The van der Waals surface area contributed by atoms with Gasteiger partial charge in [0.15, 0.2) is 6.61 Å². The number of carbonyl (C=O) groups excluding carboxylic acids is 1. The molecule has 108 valence electrons. The SMILES string of the molecule is CCN(C(=O)COc1cc(C(=O)O)ccc1Br)C1CC1. The Hall–Kier alpha value is -1.56. The van der Waals surface area contributed by atoms with E-state index >= 15 is 0 Å². The number of carbonyl (C=O) groups is 2. The molecular weight excluding hydrogens is 326 g/mol. The molecule has 0 radical (unpaired) electrons. The lowest BCUT2D eigenvalue weighted by Gasteiger charge is -2.20. The largest absolute Gasteiger partial charge is 0.483 e. The van der Waals surface area contributed by atoms with Crippen LogP contribution in [0.5, 0.6) is 5.75 Å². The first-order valence-corrected chi connectivity index (χ1v) is 7.27. The Labute approximate surface area is 125 Å². The standard InChI is InChI=1S/C14H16BrNO4/c1-2-16(10-4-5-10)13(17)8-20-12-7-9(14(18)19)3-6-11(12)15/h3,6-7,10H,2,4-5,8H2,1H3,(H,18,19). The minimum absolute atomic E-state index is 0.0670. The second-order valence-electron chi connectivity index (χ2n) is 4.65. The van der Waals surface area contributed by atoms with Crippen LogP contribution in [0.25, 0.3) is 0 Å². The summed E-state index contributed by atoms with van der Waals surface area (Å²) in [5.74, 6) is -0.727. The van der Waals surface area contributed by atoms with Crippen LogP contribution >= 0.6 is 15.9 Å². The molecule has 1 saturated carbocycles. The van der Waals surface area contributed by atoms with Crippen LogP contribution in [0.4, 0.5) is 0 Å². The van der Waals surface area contributed by atoms with E-state index in [0.29, 0.717) is 22.8 Å². The second kappa shape index (κ2) is 6.26. The highest BCUT2D eigenvalue weighted by Crippen LogP contribution is 2.28. The maximum atomic E-state index is 12.0. The van der Waals surface area contributed by atoms with Gasteiger partial charge in [-0.05, 0) is 53.9 Å². The number of rotatable bonds is 6. The van der Waals surface area contributed by atoms with Gasteiger partial charge in [0.2, 0.25) is 0 Å². The fraction of sp³-hybridized carbons (Fsp3) is 0.429. The molecule has 1 aromatic carbocycles. The molecule has 1 amide bonds. The summed E-state index contributed by atoms with van der Waals surface area (Å²) in [7, 11) is 0. The first kappa shape index (κ1) is 14.8. The first-order valence-electron chi connectivity index (χ1n) is 6.48. The van der Waals surface area contributed by atoms with Crippen molar-refractivity contribution in [2.24, 2.45) is 0 Å². The Morgan fingerprint density at radius 2 is 2.15 bits per heavy atom. The zero-order valence-electron chi connectivity index (χ0n) is 11.1. The summed E-state index contributed by atoms with van der Waals surface area (Å²) >= 11 is 3.28. The van der Waals surface area contributed by atoms with Gasteiger partial charge in [0.25, 0.3) is 5.91 Å². The van der Waals surface area contributed by atoms with Crippen molar-refractivity contribution in [3.63, 3.8) is 0 Å². The minimum atomic E-state index is -1.03. The van der Waals surface area contributed by atoms with Crippen LogP contribution in [0.1, 0.15) is 30.1 Å². The average Bonchev–Trinajstić information content (AvgIpc) is 3.23. The fourth-order valence-corrected chi connectivity index (χ4v) is 2.35. The van der Waals surface area contributed by atoms with E-state index in [4.69, 9.17) is 9.84 Å². The van der Waals surface area contributed by atoms with Crippen molar-refractivity contribution in [2.45, 2.75) is 25.8 Å². The van der Waals surface area contributed by atoms with E-state index in [-0.39, 0.29) is 18.1 Å². The number of benzene rings is 1. The predicted octanol–water partition coefficient (Wildman–Crippen LogP) is 2.54. The van der Waals surface area contributed by atoms with E-state index in [1.807, 2.05) is 6.92 Å². The molecule has 0 spiro atoms.